The zero-order valence-electron chi connectivity index (χ0n) is 12.6. The van der Waals surface area contributed by atoms with Gasteiger partial charge < -0.3 is 0 Å². The summed E-state index contributed by atoms with van der Waals surface area (Å²) < 4.78 is 0. The molecule has 2 aliphatic rings. The van der Waals surface area contributed by atoms with E-state index in [1.54, 1.807) is 16.2 Å². The minimum Gasteiger partial charge on any atom is -0.274 e. The van der Waals surface area contributed by atoms with Crippen LogP contribution in [0.2, 0.25) is 0 Å². The van der Waals surface area contributed by atoms with Gasteiger partial charge in [0.1, 0.15) is 0 Å². The van der Waals surface area contributed by atoms with Crippen LogP contribution in [0, 0.1) is 0 Å². The van der Waals surface area contributed by atoms with Crippen LogP contribution < -0.4 is 0 Å². The Balaban J connectivity index is 1.73. The lowest BCUT2D eigenvalue weighted by Gasteiger charge is -2.29. The number of carbonyl (C=O) groups excluding carboxylic acids is 4. The number of hydrogen-bond acceptors (Lipinski definition) is 6. The number of carbonyl (C=O) groups is 4. The van der Waals surface area contributed by atoms with Crippen LogP contribution in [-0.4, -0.2) is 51.7 Å². The normalized spacial score (nSPS) is 18.8. The standard InChI is InChI=1S/C15H17N3O4S/c19-12-3-4-13(20)17(12)9-16(8-11-2-1-7-23-11)10-18-14(21)5-6-15(18)22/h1-2,7H,3-6,8-10H2. The van der Waals surface area contributed by atoms with Crippen molar-refractivity contribution >= 4 is 35.0 Å². The van der Waals surface area contributed by atoms with E-state index in [0.717, 1.165) is 4.88 Å². The zero-order chi connectivity index (χ0) is 16.4. The number of amides is 4. The predicted octanol–water partition coefficient (Wildman–Crippen LogP) is 0.763. The minimum atomic E-state index is -0.203. The Kier molecular flexibility index (Phi) is 4.53. The maximum absolute atomic E-state index is 11.8. The summed E-state index contributed by atoms with van der Waals surface area (Å²) in [6.45, 7) is 0.686. The molecule has 0 spiro atoms. The van der Waals surface area contributed by atoms with Crippen molar-refractivity contribution < 1.29 is 19.2 Å². The van der Waals surface area contributed by atoms with E-state index >= 15 is 0 Å². The Morgan fingerprint density at radius 2 is 1.35 bits per heavy atom. The number of likely N-dealkylation sites (tertiary alicyclic amines) is 2. The van der Waals surface area contributed by atoms with Gasteiger partial charge in [-0.2, -0.15) is 0 Å². The second kappa shape index (κ2) is 6.59. The van der Waals surface area contributed by atoms with Crippen LogP contribution >= 0.6 is 11.3 Å². The molecule has 2 saturated heterocycles. The van der Waals surface area contributed by atoms with Gasteiger partial charge >= 0.3 is 0 Å². The highest BCUT2D eigenvalue weighted by molar-refractivity contribution is 7.09. The topological polar surface area (TPSA) is 78.0 Å². The molecule has 4 amide bonds. The van der Waals surface area contributed by atoms with Crippen LogP contribution in [0.25, 0.3) is 0 Å². The summed E-state index contributed by atoms with van der Waals surface area (Å²) in [5, 5.41) is 1.94. The first-order valence-corrected chi connectivity index (χ1v) is 8.33. The van der Waals surface area contributed by atoms with Crippen molar-refractivity contribution in [3.05, 3.63) is 22.4 Å². The summed E-state index contributed by atoms with van der Waals surface area (Å²) in [7, 11) is 0. The van der Waals surface area contributed by atoms with Gasteiger partial charge in [-0.05, 0) is 11.4 Å². The molecule has 3 rings (SSSR count). The van der Waals surface area contributed by atoms with Crippen molar-refractivity contribution in [1.29, 1.82) is 0 Å². The highest BCUT2D eigenvalue weighted by Gasteiger charge is 2.34. The third-order valence-electron chi connectivity index (χ3n) is 3.95. The third-order valence-corrected chi connectivity index (χ3v) is 4.81. The molecule has 0 radical (unpaired) electrons. The molecule has 1 aromatic heterocycles. The van der Waals surface area contributed by atoms with Crippen LogP contribution in [0.3, 0.4) is 0 Å². The molecular weight excluding hydrogens is 318 g/mol. The number of nitrogens with zero attached hydrogens (tertiary/aromatic N) is 3. The van der Waals surface area contributed by atoms with Crippen LogP contribution in [0.5, 0.6) is 0 Å². The smallest absolute Gasteiger partial charge is 0.230 e. The lowest BCUT2D eigenvalue weighted by atomic mass is 10.4. The summed E-state index contributed by atoms with van der Waals surface area (Å²) in [6.07, 6.45) is 0.918. The van der Waals surface area contributed by atoms with Crippen molar-refractivity contribution in [2.75, 3.05) is 13.3 Å². The fourth-order valence-corrected chi connectivity index (χ4v) is 3.48. The van der Waals surface area contributed by atoms with Gasteiger partial charge in [0.2, 0.25) is 23.6 Å². The largest absolute Gasteiger partial charge is 0.274 e. The molecule has 122 valence electrons. The molecule has 0 saturated carbocycles. The fraction of sp³-hybridized carbons (Fsp3) is 0.467. The van der Waals surface area contributed by atoms with Crippen molar-refractivity contribution in [3.8, 4) is 0 Å². The van der Waals surface area contributed by atoms with Crippen LogP contribution in [-0.2, 0) is 25.7 Å². The van der Waals surface area contributed by atoms with Crippen LogP contribution in [0.4, 0.5) is 0 Å². The molecule has 1 aromatic rings. The summed E-state index contributed by atoms with van der Waals surface area (Å²) >= 11 is 1.55. The van der Waals surface area contributed by atoms with Gasteiger partial charge in [0, 0.05) is 37.1 Å². The van der Waals surface area contributed by atoms with Gasteiger partial charge in [-0.25, -0.2) is 0 Å². The van der Waals surface area contributed by atoms with E-state index in [9.17, 15) is 19.2 Å². The number of hydrogen-bond donors (Lipinski definition) is 0. The van der Waals surface area contributed by atoms with Crippen molar-refractivity contribution in [2.45, 2.75) is 32.2 Å². The maximum Gasteiger partial charge on any atom is 0.230 e. The molecule has 0 aromatic carbocycles. The highest BCUT2D eigenvalue weighted by Crippen LogP contribution is 2.19. The van der Waals surface area contributed by atoms with Crippen molar-refractivity contribution in [3.63, 3.8) is 0 Å². The first-order valence-electron chi connectivity index (χ1n) is 7.45. The Morgan fingerprint density at radius 3 is 1.74 bits per heavy atom. The van der Waals surface area contributed by atoms with Gasteiger partial charge in [-0.3, -0.25) is 33.9 Å². The minimum absolute atomic E-state index is 0.104. The fourth-order valence-electron chi connectivity index (χ4n) is 2.73. The van der Waals surface area contributed by atoms with Crippen LogP contribution in [0.1, 0.15) is 30.6 Å². The monoisotopic (exact) mass is 335 g/mol. The molecule has 0 unspecified atom stereocenters. The van der Waals surface area contributed by atoms with Gasteiger partial charge in [0.15, 0.2) is 0 Å². The zero-order valence-corrected chi connectivity index (χ0v) is 13.4. The highest BCUT2D eigenvalue weighted by atomic mass is 32.1. The molecule has 0 bridgehead atoms. The maximum atomic E-state index is 11.8. The molecule has 0 aliphatic carbocycles. The summed E-state index contributed by atoms with van der Waals surface area (Å²) in [6, 6.07) is 3.86. The summed E-state index contributed by atoms with van der Waals surface area (Å²) in [5.41, 5.74) is 0. The third kappa shape index (κ3) is 3.48. The van der Waals surface area contributed by atoms with E-state index in [1.807, 2.05) is 17.5 Å². The van der Waals surface area contributed by atoms with Gasteiger partial charge in [0.05, 0.1) is 13.3 Å². The molecule has 7 nitrogen and oxygen atoms in total. The lowest BCUT2D eigenvalue weighted by Crippen LogP contribution is -2.46. The molecule has 8 heteroatoms. The van der Waals surface area contributed by atoms with E-state index in [4.69, 9.17) is 0 Å². The number of thiophene rings is 1. The molecule has 0 N–H and O–H groups in total. The quantitative estimate of drug-likeness (QED) is 0.717. The molecule has 0 atom stereocenters. The molecule has 23 heavy (non-hydrogen) atoms. The van der Waals surface area contributed by atoms with E-state index in [-0.39, 0.29) is 62.6 Å². The molecule has 2 aliphatic heterocycles. The Hall–Kier alpha value is -2.06. The van der Waals surface area contributed by atoms with Crippen molar-refractivity contribution in [2.24, 2.45) is 0 Å². The number of imide groups is 2. The van der Waals surface area contributed by atoms with E-state index in [0.29, 0.717) is 6.54 Å². The van der Waals surface area contributed by atoms with Gasteiger partial charge in [0.25, 0.3) is 0 Å². The van der Waals surface area contributed by atoms with Gasteiger partial charge in [-0.15, -0.1) is 11.3 Å². The predicted molar refractivity (Wildman–Crippen MR) is 81.8 cm³/mol. The Labute approximate surface area is 137 Å². The lowest BCUT2D eigenvalue weighted by molar-refractivity contribution is -0.144. The first kappa shape index (κ1) is 15.8. The average Bonchev–Trinajstić information content (AvgIpc) is 3.21. The second-order valence-corrected chi connectivity index (χ2v) is 6.65. The average molecular weight is 335 g/mol. The van der Waals surface area contributed by atoms with E-state index in [1.165, 1.54) is 9.80 Å². The van der Waals surface area contributed by atoms with E-state index < -0.39 is 0 Å². The van der Waals surface area contributed by atoms with Gasteiger partial charge in [-0.1, -0.05) is 6.07 Å². The molecular formula is C15H17N3O4S. The van der Waals surface area contributed by atoms with E-state index in [2.05, 4.69) is 0 Å². The summed E-state index contributed by atoms with van der Waals surface area (Å²) in [5.74, 6) is -0.814. The summed E-state index contributed by atoms with van der Waals surface area (Å²) in [4.78, 5) is 52.5. The van der Waals surface area contributed by atoms with Crippen molar-refractivity contribution in [1.82, 2.24) is 14.7 Å². The second-order valence-electron chi connectivity index (χ2n) is 5.62. The van der Waals surface area contributed by atoms with Crippen LogP contribution in [0.15, 0.2) is 17.5 Å². The number of rotatable bonds is 6. The molecule has 3 heterocycles. The SMILES string of the molecule is O=C1CCC(=O)N1CN(Cc1cccs1)CN1C(=O)CCC1=O. The Morgan fingerprint density at radius 1 is 0.870 bits per heavy atom. The Bertz CT molecular complexity index is 573. The first-order chi connectivity index (χ1) is 11.0. The molecule has 2 fully saturated rings.